The van der Waals surface area contributed by atoms with E-state index in [1.807, 2.05) is 37.5 Å². The number of hydrogen-bond donors (Lipinski definition) is 1. The summed E-state index contributed by atoms with van der Waals surface area (Å²) >= 11 is 0. The number of hydrogen-bond acceptors (Lipinski definition) is 3. The first-order chi connectivity index (χ1) is 12.2. The Morgan fingerprint density at radius 1 is 1.16 bits per heavy atom. The summed E-state index contributed by atoms with van der Waals surface area (Å²) in [5, 5.41) is 2.83. The minimum atomic E-state index is -0.0281. The predicted molar refractivity (Wildman–Crippen MR) is 94.5 cm³/mol. The number of carbonyl (C=O) groups excluding carboxylic acids is 1. The van der Waals surface area contributed by atoms with E-state index >= 15 is 0 Å². The fourth-order valence-corrected chi connectivity index (χ4v) is 3.03. The lowest BCUT2D eigenvalue weighted by Crippen LogP contribution is -2.12. The van der Waals surface area contributed by atoms with Gasteiger partial charge in [-0.2, -0.15) is 0 Å². The van der Waals surface area contributed by atoms with Gasteiger partial charge in [0.05, 0.1) is 0 Å². The number of aromatic nitrogens is 2. The Balaban J connectivity index is 1.43. The molecule has 2 aromatic carbocycles. The van der Waals surface area contributed by atoms with Crippen molar-refractivity contribution >= 4 is 5.91 Å². The summed E-state index contributed by atoms with van der Waals surface area (Å²) in [7, 11) is 0. The normalized spacial score (nSPS) is 12.8. The number of nitrogens with one attached hydrogen (secondary N) is 1. The van der Waals surface area contributed by atoms with Crippen LogP contribution in [0.4, 0.5) is 0 Å². The van der Waals surface area contributed by atoms with E-state index in [9.17, 15) is 4.79 Å². The van der Waals surface area contributed by atoms with Crippen LogP contribution in [0.2, 0.25) is 0 Å². The van der Waals surface area contributed by atoms with Crippen LogP contribution in [0.15, 0.2) is 54.9 Å². The van der Waals surface area contributed by atoms with E-state index in [2.05, 4.69) is 39.1 Å². The summed E-state index contributed by atoms with van der Waals surface area (Å²) in [5.74, 6) is 1.75. The average molecular weight is 333 g/mol. The SMILES string of the molecule is Cc1nccn1Cc1ccc(COc2cccc3c2CNC3=O)cc1. The van der Waals surface area contributed by atoms with E-state index in [-0.39, 0.29) is 5.91 Å². The maximum atomic E-state index is 11.7. The van der Waals surface area contributed by atoms with E-state index in [0.717, 1.165) is 29.2 Å². The molecule has 5 heteroatoms. The van der Waals surface area contributed by atoms with Crippen molar-refractivity contribution in [1.29, 1.82) is 0 Å². The highest BCUT2D eigenvalue weighted by atomic mass is 16.5. The highest BCUT2D eigenvalue weighted by molar-refractivity contribution is 5.99. The van der Waals surface area contributed by atoms with Gasteiger partial charge in [0.2, 0.25) is 0 Å². The summed E-state index contributed by atoms with van der Waals surface area (Å²) < 4.78 is 8.05. The Kier molecular flexibility index (Phi) is 3.98. The number of benzene rings is 2. The highest BCUT2D eigenvalue weighted by Gasteiger charge is 2.21. The smallest absolute Gasteiger partial charge is 0.252 e. The van der Waals surface area contributed by atoms with Crippen molar-refractivity contribution < 1.29 is 9.53 Å². The molecule has 25 heavy (non-hydrogen) atoms. The monoisotopic (exact) mass is 333 g/mol. The number of ether oxygens (including phenoxy) is 1. The van der Waals surface area contributed by atoms with Crippen LogP contribution in [0.3, 0.4) is 0 Å². The van der Waals surface area contributed by atoms with Gasteiger partial charge in [-0.15, -0.1) is 0 Å². The zero-order chi connectivity index (χ0) is 17.2. The fraction of sp³-hybridized carbons (Fsp3) is 0.200. The molecule has 0 spiro atoms. The van der Waals surface area contributed by atoms with Crippen LogP contribution in [-0.2, 0) is 19.7 Å². The second kappa shape index (κ2) is 6.43. The molecule has 0 bridgehead atoms. The van der Waals surface area contributed by atoms with Gasteiger partial charge in [0.15, 0.2) is 0 Å². The molecule has 0 saturated carbocycles. The number of nitrogens with zero attached hydrogens (tertiary/aromatic N) is 2. The molecule has 0 atom stereocenters. The molecule has 1 aliphatic heterocycles. The lowest BCUT2D eigenvalue weighted by Gasteiger charge is -2.11. The standard InChI is InChI=1S/C20H19N3O2/c1-14-21-9-10-23(14)12-15-5-7-16(8-6-15)13-25-19-4-2-3-17-18(19)11-22-20(17)24/h2-10H,11-13H2,1H3,(H,22,24). The summed E-state index contributed by atoms with van der Waals surface area (Å²) in [4.78, 5) is 16.0. The van der Waals surface area contributed by atoms with Crippen LogP contribution in [0.1, 0.15) is 32.9 Å². The van der Waals surface area contributed by atoms with Crippen molar-refractivity contribution in [3.05, 3.63) is 82.9 Å². The van der Waals surface area contributed by atoms with Gasteiger partial charge in [0.1, 0.15) is 18.2 Å². The van der Waals surface area contributed by atoms with Gasteiger partial charge < -0.3 is 14.6 Å². The Labute approximate surface area is 146 Å². The van der Waals surface area contributed by atoms with Crippen LogP contribution in [-0.4, -0.2) is 15.5 Å². The van der Waals surface area contributed by atoms with Crippen LogP contribution in [0, 0.1) is 6.92 Å². The first-order valence-electron chi connectivity index (χ1n) is 8.29. The summed E-state index contributed by atoms with van der Waals surface area (Å²) in [6.07, 6.45) is 3.80. The van der Waals surface area contributed by atoms with Gasteiger partial charge >= 0.3 is 0 Å². The van der Waals surface area contributed by atoms with E-state index in [0.29, 0.717) is 18.7 Å². The molecule has 4 rings (SSSR count). The number of aryl methyl sites for hydroxylation is 1. The molecule has 5 nitrogen and oxygen atoms in total. The summed E-state index contributed by atoms with van der Waals surface area (Å²) in [6.45, 7) is 3.83. The minimum Gasteiger partial charge on any atom is -0.489 e. The molecule has 1 aliphatic rings. The van der Waals surface area contributed by atoms with Crippen molar-refractivity contribution in [1.82, 2.24) is 14.9 Å². The molecular weight excluding hydrogens is 314 g/mol. The van der Waals surface area contributed by atoms with Crippen LogP contribution in [0.25, 0.3) is 0 Å². The maximum absolute atomic E-state index is 11.7. The molecule has 0 aliphatic carbocycles. The third-order valence-electron chi connectivity index (χ3n) is 4.50. The molecule has 3 aromatic rings. The molecule has 126 valence electrons. The van der Waals surface area contributed by atoms with E-state index in [1.54, 1.807) is 0 Å². The number of fused-ring (bicyclic) bond motifs is 1. The van der Waals surface area contributed by atoms with Gasteiger partial charge in [-0.3, -0.25) is 4.79 Å². The van der Waals surface area contributed by atoms with Crippen molar-refractivity contribution in [2.75, 3.05) is 0 Å². The molecule has 1 N–H and O–H groups in total. The van der Waals surface area contributed by atoms with Crippen LogP contribution in [0.5, 0.6) is 5.75 Å². The van der Waals surface area contributed by atoms with Crippen molar-refractivity contribution in [3.8, 4) is 5.75 Å². The Morgan fingerprint density at radius 3 is 2.72 bits per heavy atom. The fourth-order valence-electron chi connectivity index (χ4n) is 3.03. The van der Waals surface area contributed by atoms with E-state index < -0.39 is 0 Å². The van der Waals surface area contributed by atoms with Crippen molar-refractivity contribution in [2.24, 2.45) is 0 Å². The minimum absolute atomic E-state index is 0.0281. The molecule has 1 amide bonds. The van der Waals surface area contributed by atoms with Gasteiger partial charge in [-0.25, -0.2) is 4.98 Å². The number of amides is 1. The molecular formula is C20H19N3O2. The number of imidazole rings is 1. The number of carbonyl (C=O) groups is 1. The Morgan fingerprint density at radius 2 is 1.96 bits per heavy atom. The lowest BCUT2D eigenvalue weighted by atomic mass is 10.1. The zero-order valence-corrected chi connectivity index (χ0v) is 14.0. The largest absolute Gasteiger partial charge is 0.489 e. The quantitative estimate of drug-likeness (QED) is 0.781. The van der Waals surface area contributed by atoms with Crippen LogP contribution < -0.4 is 10.1 Å². The predicted octanol–water partition coefficient (Wildman–Crippen LogP) is 3.06. The third-order valence-corrected chi connectivity index (χ3v) is 4.50. The molecule has 1 aromatic heterocycles. The topological polar surface area (TPSA) is 56.1 Å². The Bertz CT molecular complexity index is 913. The van der Waals surface area contributed by atoms with Gasteiger partial charge in [0.25, 0.3) is 5.91 Å². The lowest BCUT2D eigenvalue weighted by molar-refractivity contribution is 0.0965. The molecule has 2 heterocycles. The molecule has 0 radical (unpaired) electrons. The molecule has 0 fully saturated rings. The highest BCUT2D eigenvalue weighted by Crippen LogP contribution is 2.27. The molecule has 0 unspecified atom stereocenters. The number of rotatable bonds is 5. The Hall–Kier alpha value is -3.08. The van der Waals surface area contributed by atoms with Crippen LogP contribution >= 0.6 is 0 Å². The second-order valence-corrected chi connectivity index (χ2v) is 6.17. The second-order valence-electron chi connectivity index (χ2n) is 6.17. The first kappa shape index (κ1) is 15.4. The zero-order valence-electron chi connectivity index (χ0n) is 14.0. The van der Waals surface area contributed by atoms with Crippen molar-refractivity contribution in [3.63, 3.8) is 0 Å². The first-order valence-corrected chi connectivity index (χ1v) is 8.29. The third kappa shape index (κ3) is 3.13. The summed E-state index contributed by atoms with van der Waals surface area (Å²) in [6, 6.07) is 14.0. The molecule has 0 saturated heterocycles. The van der Waals surface area contributed by atoms with Gasteiger partial charge in [-0.05, 0) is 30.2 Å². The van der Waals surface area contributed by atoms with E-state index in [4.69, 9.17) is 4.74 Å². The van der Waals surface area contributed by atoms with Gasteiger partial charge in [-0.1, -0.05) is 30.3 Å². The summed E-state index contributed by atoms with van der Waals surface area (Å²) in [5.41, 5.74) is 3.98. The maximum Gasteiger partial charge on any atom is 0.252 e. The van der Waals surface area contributed by atoms with Crippen molar-refractivity contribution in [2.45, 2.75) is 26.6 Å². The average Bonchev–Trinajstić information content (AvgIpc) is 3.21. The van der Waals surface area contributed by atoms with E-state index in [1.165, 1.54) is 5.56 Å². The van der Waals surface area contributed by atoms with Gasteiger partial charge in [0, 0.05) is 36.6 Å².